The second kappa shape index (κ2) is 31.7. The minimum atomic E-state index is -4.18. The van der Waals surface area contributed by atoms with Crippen LogP contribution in [0.4, 0.5) is 10.2 Å². The molecule has 0 radical (unpaired) electrons. The molecule has 0 spiro atoms. The summed E-state index contributed by atoms with van der Waals surface area (Å²) >= 11 is 0. The normalized spacial score (nSPS) is 11.3. The van der Waals surface area contributed by atoms with Crippen molar-refractivity contribution < 1.29 is 65.9 Å². The molecule has 2 aromatic rings. The van der Waals surface area contributed by atoms with Gasteiger partial charge in [-0.1, -0.05) is 70.6 Å². The highest BCUT2D eigenvalue weighted by Gasteiger charge is 2.18. The fraction of sp³-hybridized carbons (Fsp3) is 0.634. The first kappa shape index (κ1) is 50.9. The number of halogens is 1. The lowest BCUT2D eigenvalue weighted by molar-refractivity contribution is -0.143. The molecule has 0 saturated carbocycles. The van der Waals surface area contributed by atoms with Crippen molar-refractivity contribution in [2.24, 2.45) is 0 Å². The van der Waals surface area contributed by atoms with Crippen LogP contribution in [0.25, 0.3) is 0 Å². The van der Waals surface area contributed by atoms with Crippen LogP contribution in [-0.2, 0) is 43.4 Å². The number of hydrogen-bond donors (Lipinski definition) is 4. The maximum atomic E-state index is 14.8. The Morgan fingerprint density at radius 2 is 1.22 bits per heavy atom. The fourth-order valence-corrected chi connectivity index (χ4v) is 6.64. The predicted molar refractivity (Wildman–Crippen MR) is 217 cm³/mol. The monoisotopic (exact) mass is 855 g/mol. The molecule has 0 saturated heterocycles. The summed E-state index contributed by atoms with van der Waals surface area (Å²) in [6, 6.07) is 6.14. The van der Waals surface area contributed by atoms with Crippen molar-refractivity contribution in [2.45, 2.75) is 108 Å². The zero-order valence-corrected chi connectivity index (χ0v) is 34.8. The van der Waals surface area contributed by atoms with Crippen molar-refractivity contribution in [2.75, 3.05) is 70.7 Å². The molecule has 0 atom stereocenters. The number of aromatic nitrogens is 1. The number of nitrogens with zero attached hydrogens (tertiary/aromatic N) is 1. The predicted octanol–water partition coefficient (Wildman–Crippen LogP) is 6.18. The number of Topliss-reactive ketones (excluding diaryl/α,β-unsaturated/α-hetero) is 1. The second-order valence-corrected chi connectivity index (χ2v) is 15.5. The molecule has 0 aliphatic rings. The maximum absolute atomic E-state index is 14.8. The van der Waals surface area contributed by atoms with Gasteiger partial charge in [-0.25, -0.2) is 22.6 Å². The molecule has 332 valence electrons. The number of aliphatic carboxylic acids is 2. The van der Waals surface area contributed by atoms with Crippen molar-refractivity contribution in [1.29, 1.82) is 0 Å². The number of nitrogens with one attached hydrogen (secondary N) is 2. The Kier molecular flexibility index (Phi) is 27.3. The molecule has 0 unspecified atom stereocenters. The molecular weight excluding hydrogens is 794 g/mol. The number of benzene rings is 1. The summed E-state index contributed by atoms with van der Waals surface area (Å²) in [5.74, 6) is -3.19. The number of carboxylic acid groups (broad SMARTS) is 2. The first-order valence-corrected chi connectivity index (χ1v) is 21.9. The molecule has 4 N–H and O–H groups in total. The van der Waals surface area contributed by atoms with Crippen molar-refractivity contribution in [3.8, 4) is 5.75 Å². The SMILES string of the molecule is O=C(O)CCCCCCCCCCCCCCCOc1ccc(S(=O)(=O)Nc2ccc(C(=O)NCCOCCOCC(=O)CCCOCCOCC(=O)O)cn2)cc1F. The molecule has 1 aromatic heterocycles. The fourth-order valence-electron chi connectivity index (χ4n) is 5.62. The van der Waals surface area contributed by atoms with Crippen molar-refractivity contribution in [3.05, 3.63) is 47.9 Å². The van der Waals surface area contributed by atoms with Gasteiger partial charge in [0.15, 0.2) is 17.3 Å². The van der Waals surface area contributed by atoms with E-state index in [1.165, 1.54) is 69.0 Å². The first-order chi connectivity index (χ1) is 28.5. The van der Waals surface area contributed by atoms with Crippen LogP contribution >= 0.6 is 0 Å². The highest BCUT2D eigenvalue weighted by atomic mass is 32.2. The zero-order valence-electron chi connectivity index (χ0n) is 34.0. The third kappa shape index (κ3) is 25.8. The summed E-state index contributed by atoms with van der Waals surface area (Å²) in [5, 5.41) is 19.8. The van der Waals surface area contributed by atoms with Crippen LogP contribution in [0.2, 0.25) is 0 Å². The minimum absolute atomic E-state index is 0.0268. The van der Waals surface area contributed by atoms with Gasteiger partial charge in [0.25, 0.3) is 15.9 Å². The molecule has 59 heavy (non-hydrogen) atoms. The molecule has 1 heterocycles. The average molecular weight is 856 g/mol. The quantitative estimate of drug-likeness (QED) is 0.0554. The number of pyridine rings is 1. The number of hydrogen-bond acceptors (Lipinski definition) is 12. The number of unbranched alkanes of at least 4 members (excludes halogenated alkanes) is 12. The number of carbonyl (C=O) groups excluding carboxylic acids is 2. The molecule has 0 aliphatic heterocycles. The minimum Gasteiger partial charge on any atom is -0.491 e. The number of rotatable bonds is 38. The summed E-state index contributed by atoms with van der Waals surface area (Å²) in [6.45, 7) is 1.40. The number of carbonyl (C=O) groups is 4. The molecular formula is C41H62FN3O13S. The van der Waals surface area contributed by atoms with Gasteiger partial charge in [0.2, 0.25) is 0 Å². The molecule has 0 aliphatic carbocycles. The van der Waals surface area contributed by atoms with Crippen LogP contribution in [0.3, 0.4) is 0 Å². The van der Waals surface area contributed by atoms with E-state index in [-0.39, 0.29) is 93.4 Å². The molecule has 16 nitrogen and oxygen atoms in total. The lowest BCUT2D eigenvalue weighted by Gasteiger charge is -2.11. The summed E-state index contributed by atoms with van der Waals surface area (Å²) in [5.41, 5.74) is 0.185. The van der Waals surface area contributed by atoms with Crippen LogP contribution < -0.4 is 14.8 Å². The Labute approximate surface area is 346 Å². The third-order valence-corrected chi connectivity index (χ3v) is 10.1. The Bertz CT molecular complexity index is 1610. The van der Waals surface area contributed by atoms with E-state index in [4.69, 9.17) is 33.9 Å². The largest absolute Gasteiger partial charge is 0.491 e. The Balaban J connectivity index is 1.52. The number of ether oxygens (including phenoxy) is 5. The molecule has 0 fully saturated rings. The van der Waals surface area contributed by atoms with Gasteiger partial charge in [-0.2, -0.15) is 0 Å². The number of anilines is 1. The van der Waals surface area contributed by atoms with Gasteiger partial charge in [0, 0.05) is 32.2 Å². The van der Waals surface area contributed by atoms with Crippen LogP contribution in [-0.4, -0.2) is 113 Å². The van der Waals surface area contributed by atoms with Crippen LogP contribution in [0, 0.1) is 5.82 Å². The molecule has 1 amide bonds. The van der Waals surface area contributed by atoms with Gasteiger partial charge in [0.1, 0.15) is 19.0 Å². The number of sulfonamides is 1. The molecule has 2 rings (SSSR count). The standard InChI is InChI=1S/C41H62FN3O13S/c42-36-29-35(18-19-37(36)58-23-13-11-9-7-5-3-1-2-4-6-8-10-12-16-39(47)48)59(52,53)45-38-20-17-33(30-44-38)41(51)43-21-24-55-26-27-56-31-34(46)15-14-22-54-25-28-57-32-40(49)50/h17-20,29-30H,1-16,21-28,31-32H2,(H,43,51)(H,44,45)(H,47,48)(H,49,50). The highest BCUT2D eigenvalue weighted by molar-refractivity contribution is 7.92. The van der Waals surface area contributed by atoms with E-state index >= 15 is 0 Å². The molecule has 1 aromatic carbocycles. The van der Waals surface area contributed by atoms with E-state index in [0.29, 0.717) is 19.6 Å². The maximum Gasteiger partial charge on any atom is 0.329 e. The van der Waals surface area contributed by atoms with E-state index in [0.717, 1.165) is 51.0 Å². The summed E-state index contributed by atoms with van der Waals surface area (Å²) < 4.78 is 69.2. The van der Waals surface area contributed by atoms with Gasteiger partial charge in [0.05, 0.1) is 50.1 Å². The van der Waals surface area contributed by atoms with Gasteiger partial charge in [-0.05, 0) is 49.6 Å². The van der Waals surface area contributed by atoms with Crippen LogP contribution in [0.15, 0.2) is 41.4 Å². The summed E-state index contributed by atoms with van der Waals surface area (Å²) in [6.07, 6.45) is 16.2. The van der Waals surface area contributed by atoms with Gasteiger partial charge in [-0.15, -0.1) is 0 Å². The number of ketones is 1. The Hall–Kier alpha value is -4.23. The Morgan fingerprint density at radius 1 is 0.627 bits per heavy atom. The van der Waals surface area contributed by atoms with Crippen molar-refractivity contribution in [3.63, 3.8) is 0 Å². The van der Waals surface area contributed by atoms with Crippen LogP contribution in [0.5, 0.6) is 5.75 Å². The van der Waals surface area contributed by atoms with E-state index in [1.54, 1.807) is 0 Å². The van der Waals surface area contributed by atoms with Crippen molar-refractivity contribution >= 4 is 39.5 Å². The summed E-state index contributed by atoms with van der Waals surface area (Å²) in [4.78, 5) is 48.9. The van der Waals surface area contributed by atoms with Gasteiger partial charge < -0.3 is 39.2 Å². The van der Waals surface area contributed by atoms with Crippen LogP contribution in [0.1, 0.15) is 113 Å². The lowest BCUT2D eigenvalue weighted by Crippen LogP contribution is -2.28. The van der Waals surface area contributed by atoms with E-state index < -0.39 is 33.7 Å². The smallest absolute Gasteiger partial charge is 0.329 e. The zero-order chi connectivity index (χ0) is 43.0. The van der Waals surface area contributed by atoms with E-state index in [2.05, 4.69) is 15.0 Å². The first-order valence-electron chi connectivity index (χ1n) is 20.4. The van der Waals surface area contributed by atoms with Gasteiger partial charge in [-0.3, -0.25) is 19.1 Å². The third-order valence-electron chi connectivity index (χ3n) is 8.78. The van der Waals surface area contributed by atoms with E-state index in [9.17, 15) is 32.0 Å². The Morgan fingerprint density at radius 3 is 1.81 bits per heavy atom. The topological polar surface area (TPSA) is 226 Å². The molecule has 18 heteroatoms. The van der Waals surface area contributed by atoms with Crippen molar-refractivity contribution in [1.82, 2.24) is 10.3 Å². The average Bonchev–Trinajstić information content (AvgIpc) is 3.20. The van der Waals surface area contributed by atoms with E-state index in [1.807, 2.05) is 0 Å². The highest BCUT2D eigenvalue weighted by Crippen LogP contribution is 2.23. The second-order valence-electron chi connectivity index (χ2n) is 13.8. The molecule has 0 bridgehead atoms. The summed E-state index contributed by atoms with van der Waals surface area (Å²) in [7, 11) is -4.18. The lowest BCUT2D eigenvalue weighted by atomic mass is 10.0. The van der Waals surface area contributed by atoms with Gasteiger partial charge >= 0.3 is 11.9 Å². The number of carboxylic acids is 2. The number of amides is 1.